The molecule has 1 heterocycles. The third-order valence-corrected chi connectivity index (χ3v) is 4.53. The summed E-state index contributed by atoms with van der Waals surface area (Å²) in [4.78, 5) is 5.47. The van der Waals surface area contributed by atoms with Gasteiger partial charge >= 0.3 is 0 Å². The molecule has 2 N–H and O–H groups in total. The average molecular weight is 339 g/mol. The lowest BCUT2D eigenvalue weighted by Gasteiger charge is -2.00. The Bertz CT molecular complexity index is 506. The van der Waals surface area contributed by atoms with Crippen molar-refractivity contribution in [3.8, 4) is 10.4 Å². The summed E-state index contributed by atoms with van der Waals surface area (Å²) in [6, 6.07) is 8.33. The Balaban J connectivity index is 0.000000261. The van der Waals surface area contributed by atoms with Crippen molar-refractivity contribution in [2.45, 2.75) is 39.7 Å². The third kappa shape index (κ3) is 6.92. The number of aryl methyl sites for hydroxylation is 1. The van der Waals surface area contributed by atoms with Gasteiger partial charge in [0.2, 0.25) is 0 Å². The number of nitrogens with two attached hydrogens (primary N) is 1. The van der Waals surface area contributed by atoms with Gasteiger partial charge in [0.05, 0.1) is 22.7 Å². The van der Waals surface area contributed by atoms with E-state index in [2.05, 4.69) is 36.2 Å². The number of rotatable bonds is 7. The van der Waals surface area contributed by atoms with Crippen molar-refractivity contribution >= 4 is 23.4 Å². The number of hydrogen-bond acceptors (Lipinski definition) is 5. The summed E-state index contributed by atoms with van der Waals surface area (Å²) in [5.74, 6) is 0. The second-order valence-corrected chi connectivity index (χ2v) is 6.29. The normalized spacial score (nSPS) is 10.2. The summed E-state index contributed by atoms with van der Waals surface area (Å²) in [6.45, 7) is 5.73. The Labute approximate surface area is 142 Å². The molecule has 0 bridgehead atoms. The van der Waals surface area contributed by atoms with Gasteiger partial charge in [-0.1, -0.05) is 44.0 Å². The molecule has 0 saturated carbocycles. The number of aromatic nitrogens is 1. The van der Waals surface area contributed by atoms with Crippen LogP contribution in [-0.4, -0.2) is 17.8 Å². The predicted octanol–water partition coefficient (Wildman–Crippen LogP) is 5.05. The quantitative estimate of drug-likeness (QED) is 0.567. The second kappa shape index (κ2) is 11.7. The summed E-state index contributed by atoms with van der Waals surface area (Å²) in [6.07, 6.45) is 5.72. The molecule has 0 aliphatic rings. The second-order valence-electron chi connectivity index (χ2n) is 4.86. The van der Waals surface area contributed by atoms with E-state index in [1.54, 1.807) is 11.3 Å². The van der Waals surface area contributed by atoms with E-state index in [1.165, 1.54) is 41.7 Å². The SMILES string of the molecule is CCCCCOSC.Cc1ncsc1-c1ccc(CN)cc1. The molecule has 0 aliphatic heterocycles. The Kier molecular flexibility index (Phi) is 10.2. The molecule has 0 unspecified atom stereocenters. The average Bonchev–Trinajstić information content (AvgIpc) is 2.98. The van der Waals surface area contributed by atoms with E-state index < -0.39 is 0 Å². The third-order valence-electron chi connectivity index (χ3n) is 3.15. The van der Waals surface area contributed by atoms with Crippen LogP contribution in [0.25, 0.3) is 10.4 Å². The maximum absolute atomic E-state index is 5.54. The van der Waals surface area contributed by atoms with E-state index in [1.807, 2.05) is 18.7 Å². The van der Waals surface area contributed by atoms with Crippen LogP contribution >= 0.6 is 23.4 Å². The lowest BCUT2D eigenvalue weighted by atomic mass is 10.1. The van der Waals surface area contributed by atoms with Crippen LogP contribution in [0.15, 0.2) is 29.8 Å². The molecule has 0 amide bonds. The monoisotopic (exact) mass is 338 g/mol. The highest BCUT2D eigenvalue weighted by atomic mass is 32.2. The Morgan fingerprint density at radius 2 is 1.95 bits per heavy atom. The first-order valence-corrected chi connectivity index (χ1v) is 9.60. The van der Waals surface area contributed by atoms with Crippen LogP contribution in [0.1, 0.15) is 37.4 Å². The van der Waals surface area contributed by atoms with Gasteiger partial charge in [-0.15, -0.1) is 11.3 Å². The molecule has 122 valence electrons. The maximum Gasteiger partial charge on any atom is 0.0801 e. The van der Waals surface area contributed by atoms with Crippen molar-refractivity contribution in [1.82, 2.24) is 4.98 Å². The van der Waals surface area contributed by atoms with Gasteiger partial charge in [0, 0.05) is 12.8 Å². The minimum atomic E-state index is 0.599. The lowest BCUT2D eigenvalue weighted by Crippen LogP contribution is -1.95. The van der Waals surface area contributed by atoms with Gasteiger partial charge in [-0.2, -0.15) is 0 Å². The topological polar surface area (TPSA) is 48.1 Å². The van der Waals surface area contributed by atoms with Crippen molar-refractivity contribution in [2.75, 3.05) is 12.9 Å². The minimum absolute atomic E-state index is 0.599. The van der Waals surface area contributed by atoms with Crippen molar-refractivity contribution < 1.29 is 4.18 Å². The number of nitrogens with zero attached hydrogens (tertiary/aromatic N) is 1. The van der Waals surface area contributed by atoms with Gasteiger partial charge < -0.3 is 9.92 Å². The molecule has 1 aromatic heterocycles. The summed E-state index contributed by atoms with van der Waals surface area (Å²) in [7, 11) is 0. The Morgan fingerprint density at radius 3 is 2.45 bits per heavy atom. The zero-order chi connectivity index (χ0) is 16.2. The fraction of sp³-hybridized carbons (Fsp3) is 0.471. The van der Waals surface area contributed by atoms with Gasteiger partial charge in [-0.25, -0.2) is 4.98 Å². The van der Waals surface area contributed by atoms with Crippen molar-refractivity contribution in [3.63, 3.8) is 0 Å². The number of hydrogen-bond donors (Lipinski definition) is 1. The number of thiazole rings is 1. The van der Waals surface area contributed by atoms with E-state index in [0.717, 1.165) is 17.9 Å². The highest BCUT2D eigenvalue weighted by Gasteiger charge is 2.03. The van der Waals surface area contributed by atoms with E-state index in [-0.39, 0.29) is 0 Å². The van der Waals surface area contributed by atoms with Gasteiger partial charge in [-0.05, 0) is 36.5 Å². The van der Waals surface area contributed by atoms with Crippen LogP contribution in [0.2, 0.25) is 0 Å². The summed E-state index contributed by atoms with van der Waals surface area (Å²) >= 11 is 3.13. The molecule has 0 radical (unpaired) electrons. The predicted molar refractivity (Wildman–Crippen MR) is 99.2 cm³/mol. The van der Waals surface area contributed by atoms with Crippen LogP contribution < -0.4 is 5.73 Å². The first-order chi connectivity index (χ1) is 10.7. The zero-order valence-corrected chi connectivity index (χ0v) is 15.3. The molecule has 0 atom stereocenters. The molecule has 2 rings (SSSR count). The Morgan fingerprint density at radius 1 is 1.23 bits per heavy atom. The van der Waals surface area contributed by atoms with Gasteiger partial charge in [0.25, 0.3) is 0 Å². The highest BCUT2D eigenvalue weighted by molar-refractivity contribution is 7.93. The largest absolute Gasteiger partial charge is 0.326 e. The van der Waals surface area contributed by atoms with Crippen LogP contribution in [-0.2, 0) is 10.7 Å². The number of benzene rings is 1. The fourth-order valence-electron chi connectivity index (χ4n) is 1.87. The van der Waals surface area contributed by atoms with Crippen LogP contribution in [0.4, 0.5) is 0 Å². The van der Waals surface area contributed by atoms with Gasteiger partial charge in [0.1, 0.15) is 0 Å². The molecule has 1 aromatic carbocycles. The van der Waals surface area contributed by atoms with Gasteiger partial charge in [-0.3, -0.25) is 0 Å². The van der Waals surface area contributed by atoms with E-state index in [4.69, 9.17) is 9.92 Å². The van der Waals surface area contributed by atoms with Crippen LogP contribution in [0, 0.1) is 6.92 Å². The summed E-state index contributed by atoms with van der Waals surface area (Å²) in [5, 5.41) is 0. The molecular weight excluding hydrogens is 312 g/mol. The standard InChI is InChI=1S/C11H12N2S.C6H14OS/c1-8-11(14-7-13-8)10-4-2-9(6-12)3-5-10;1-3-4-5-6-7-8-2/h2-5,7H,6,12H2,1H3;3-6H2,1-2H3. The van der Waals surface area contributed by atoms with Gasteiger partial charge in [0.15, 0.2) is 0 Å². The molecule has 0 aliphatic carbocycles. The molecule has 5 heteroatoms. The molecular formula is C17H26N2OS2. The van der Waals surface area contributed by atoms with Crippen LogP contribution in [0.3, 0.4) is 0 Å². The smallest absolute Gasteiger partial charge is 0.0801 e. The van der Waals surface area contributed by atoms with Crippen molar-refractivity contribution in [2.24, 2.45) is 5.73 Å². The molecule has 0 spiro atoms. The molecule has 2 aromatic rings. The summed E-state index contributed by atoms with van der Waals surface area (Å²) < 4.78 is 5.05. The maximum atomic E-state index is 5.54. The number of unbranched alkanes of at least 4 members (excludes halogenated alkanes) is 2. The lowest BCUT2D eigenvalue weighted by molar-refractivity contribution is 0.360. The Hall–Kier alpha value is -0.880. The van der Waals surface area contributed by atoms with Crippen LogP contribution in [0.5, 0.6) is 0 Å². The summed E-state index contributed by atoms with van der Waals surface area (Å²) in [5.41, 5.74) is 10.9. The highest BCUT2D eigenvalue weighted by Crippen LogP contribution is 2.26. The minimum Gasteiger partial charge on any atom is -0.326 e. The van der Waals surface area contributed by atoms with E-state index in [9.17, 15) is 0 Å². The van der Waals surface area contributed by atoms with E-state index in [0.29, 0.717) is 6.54 Å². The molecule has 3 nitrogen and oxygen atoms in total. The molecule has 0 fully saturated rings. The van der Waals surface area contributed by atoms with Crippen molar-refractivity contribution in [1.29, 1.82) is 0 Å². The first-order valence-electron chi connectivity index (χ1n) is 7.58. The molecule has 0 saturated heterocycles. The van der Waals surface area contributed by atoms with E-state index >= 15 is 0 Å². The van der Waals surface area contributed by atoms with Crippen molar-refractivity contribution in [3.05, 3.63) is 41.0 Å². The zero-order valence-electron chi connectivity index (χ0n) is 13.7. The fourth-order valence-corrected chi connectivity index (χ4v) is 2.96. The molecule has 22 heavy (non-hydrogen) atoms. The first kappa shape index (κ1) is 19.2.